The monoisotopic (exact) mass is 410 g/mol. The highest BCUT2D eigenvalue weighted by molar-refractivity contribution is 7.89. The molecule has 0 atom stereocenters. The van der Waals surface area contributed by atoms with Crippen molar-refractivity contribution < 1.29 is 22.7 Å². The molecule has 156 valence electrons. The summed E-state index contributed by atoms with van der Waals surface area (Å²) in [6.45, 7) is 5.87. The average molecular weight is 411 g/mol. The maximum atomic E-state index is 13.0. The third-order valence-electron chi connectivity index (χ3n) is 5.51. The van der Waals surface area contributed by atoms with Crippen molar-refractivity contribution >= 4 is 15.9 Å². The lowest BCUT2D eigenvalue weighted by Crippen LogP contribution is -2.45. The van der Waals surface area contributed by atoms with E-state index in [-0.39, 0.29) is 22.8 Å². The van der Waals surface area contributed by atoms with Gasteiger partial charge in [-0.3, -0.25) is 4.79 Å². The van der Waals surface area contributed by atoms with E-state index in [1.165, 1.54) is 4.31 Å². The number of piperidine rings is 1. The zero-order valence-corrected chi connectivity index (χ0v) is 17.5. The van der Waals surface area contributed by atoms with Crippen LogP contribution in [-0.4, -0.2) is 51.0 Å². The summed E-state index contributed by atoms with van der Waals surface area (Å²) >= 11 is 0. The minimum Gasteiger partial charge on any atom is -0.490 e. The van der Waals surface area contributed by atoms with Gasteiger partial charge in [-0.1, -0.05) is 13.8 Å². The maximum absolute atomic E-state index is 13.0. The molecule has 0 aliphatic carbocycles. The van der Waals surface area contributed by atoms with Crippen LogP contribution in [0.15, 0.2) is 23.1 Å². The predicted molar refractivity (Wildman–Crippen MR) is 106 cm³/mol. The topological polar surface area (TPSA) is 84.9 Å². The summed E-state index contributed by atoms with van der Waals surface area (Å²) in [7, 11) is -3.62. The van der Waals surface area contributed by atoms with Crippen molar-refractivity contribution in [3.05, 3.63) is 18.2 Å². The molecule has 1 saturated heterocycles. The van der Waals surface area contributed by atoms with E-state index >= 15 is 0 Å². The zero-order valence-electron chi connectivity index (χ0n) is 16.6. The van der Waals surface area contributed by atoms with E-state index in [0.717, 1.165) is 19.3 Å². The lowest BCUT2D eigenvalue weighted by molar-refractivity contribution is -0.126. The first-order valence-electron chi connectivity index (χ1n) is 10.2. The largest absolute Gasteiger partial charge is 0.490 e. The Balaban J connectivity index is 1.65. The number of hydrogen-bond donors (Lipinski definition) is 1. The molecule has 7 nitrogen and oxygen atoms in total. The summed E-state index contributed by atoms with van der Waals surface area (Å²) in [4.78, 5) is 12.6. The molecule has 1 aromatic rings. The van der Waals surface area contributed by atoms with Gasteiger partial charge in [0.15, 0.2) is 11.5 Å². The predicted octanol–water partition coefficient (Wildman–Crippen LogP) is 2.55. The van der Waals surface area contributed by atoms with Gasteiger partial charge < -0.3 is 14.8 Å². The van der Waals surface area contributed by atoms with Gasteiger partial charge in [-0.2, -0.15) is 4.31 Å². The molecule has 1 aromatic carbocycles. The number of amides is 1. The molecule has 1 N–H and O–H groups in total. The van der Waals surface area contributed by atoms with Gasteiger partial charge in [0.2, 0.25) is 15.9 Å². The van der Waals surface area contributed by atoms with Gasteiger partial charge in [0, 0.05) is 37.5 Å². The second kappa shape index (κ2) is 9.13. The highest BCUT2D eigenvalue weighted by atomic mass is 32.2. The Hall–Kier alpha value is -1.80. The van der Waals surface area contributed by atoms with Gasteiger partial charge in [0.1, 0.15) is 0 Å². The normalized spacial score (nSPS) is 18.7. The van der Waals surface area contributed by atoms with Crippen molar-refractivity contribution in [2.75, 3.05) is 26.3 Å². The molecule has 2 aliphatic rings. The fourth-order valence-corrected chi connectivity index (χ4v) is 5.11. The van der Waals surface area contributed by atoms with Gasteiger partial charge in [-0.15, -0.1) is 0 Å². The minimum atomic E-state index is -3.62. The van der Waals surface area contributed by atoms with E-state index in [9.17, 15) is 13.2 Å². The average Bonchev–Trinajstić information content (AvgIpc) is 2.96. The molecule has 1 fully saturated rings. The van der Waals surface area contributed by atoms with Gasteiger partial charge in [-0.25, -0.2) is 8.42 Å². The first-order chi connectivity index (χ1) is 13.5. The number of fused-ring (bicyclic) bond motifs is 1. The molecule has 2 heterocycles. The third-order valence-corrected chi connectivity index (χ3v) is 7.41. The lowest BCUT2D eigenvalue weighted by atomic mass is 9.96. The Morgan fingerprint density at radius 3 is 2.43 bits per heavy atom. The SMILES string of the molecule is CCC(CC)NC(=O)C1CCN(S(=O)(=O)c2ccc3c(c2)OCCCO3)CC1. The van der Waals surface area contributed by atoms with Crippen molar-refractivity contribution in [2.24, 2.45) is 5.92 Å². The van der Waals surface area contributed by atoms with E-state index in [2.05, 4.69) is 19.2 Å². The fraction of sp³-hybridized carbons (Fsp3) is 0.650. The molecular weight excluding hydrogens is 380 g/mol. The van der Waals surface area contributed by atoms with E-state index in [1.807, 2.05) is 0 Å². The van der Waals surface area contributed by atoms with E-state index in [4.69, 9.17) is 9.47 Å². The smallest absolute Gasteiger partial charge is 0.243 e. The van der Waals surface area contributed by atoms with E-state index in [0.29, 0.717) is 50.6 Å². The number of sulfonamides is 1. The van der Waals surface area contributed by atoms with Gasteiger partial charge >= 0.3 is 0 Å². The van der Waals surface area contributed by atoms with Crippen molar-refractivity contribution in [3.8, 4) is 11.5 Å². The third kappa shape index (κ3) is 4.60. The minimum absolute atomic E-state index is 0.0429. The first-order valence-corrected chi connectivity index (χ1v) is 11.6. The van der Waals surface area contributed by atoms with Crippen LogP contribution in [0.5, 0.6) is 11.5 Å². The van der Waals surface area contributed by atoms with Crippen LogP contribution in [-0.2, 0) is 14.8 Å². The number of hydrogen-bond acceptors (Lipinski definition) is 5. The standard InChI is InChI=1S/C20H30N2O5S/c1-3-16(4-2)21-20(23)15-8-10-22(11-9-15)28(24,25)17-6-7-18-19(14-17)27-13-5-12-26-18/h6-7,14-16H,3-5,8-13H2,1-2H3,(H,21,23). The lowest BCUT2D eigenvalue weighted by Gasteiger charge is -2.31. The highest BCUT2D eigenvalue weighted by Crippen LogP contribution is 2.33. The molecule has 1 amide bonds. The number of rotatable bonds is 6. The van der Waals surface area contributed by atoms with Crippen LogP contribution in [0.2, 0.25) is 0 Å². The Morgan fingerprint density at radius 1 is 1.14 bits per heavy atom. The van der Waals surface area contributed by atoms with Crippen LogP contribution < -0.4 is 14.8 Å². The Labute approximate surface area is 167 Å². The van der Waals surface area contributed by atoms with Crippen LogP contribution in [0.3, 0.4) is 0 Å². The molecule has 8 heteroatoms. The second-order valence-electron chi connectivity index (χ2n) is 7.36. The molecule has 0 unspecified atom stereocenters. The number of nitrogens with zero attached hydrogens (tertiary/aromatic N) is 1. The van der Waals surface area contributed by atoms with Crippen LogP contribution in [0, 0.1) is 5.92 Å². The molecule has 28 heavy (non-hydrogen) atoms. The molecule has 2 aliphatic heterocycles. The molecule has 0 spiro atoms. The van der Waals surface area contributed by atoms with Crippen LogP contribution in [0.1, 0.15) is 46.0 Å². The van der Waals surface area contributed by atoms with Gasteiger partial charge in [0.05, 0.1) is 18.1 Å². The van der Waals surface area contributed by atoms with Crippen LogP contribution in [0.25, 0.3) is 0 Å². The number of nitrogens with one attached hydrogen (secondary N) is 1. The molecular formula is C20H30N2O5S. The van der Waals surface area contributed by atoms with Crippen LogP contribution in [0.4, 0.5) is 0 Å². The molecule has 0 bridgehead atoms. The summed E-state index contributed by atoms with van der Waals surface area (Å²) in [6, 6.07) is 4.95. The van der Waals surface area contributed by atoms with Crippen molar-refractivity contribution in [2.45, 2.75) is 56.9 Å². The number of benzene rings is 1. The van der Waals surface area contributed by atoms with E-state index in [1.54, 1.807) is 18.2 Å². The number of carbonyl (C=O) groups excluding carboxylic acids is 1. The zero-order chi connectivity index (χ0) is 20.1. The van der Waals surface area contributed by atoms with Crippen LogP contribution >= 0.6 is 0 Å². The summed E-state index contributed by atoms with van der Waals surface area (Å²) < 4.78 is 38.7. The molecule has 0 saturated carbocycles. The molecule has 3 rings (SSSR count). The van der Waals surface area contributed by atoms with Crippen molar-refractivity contribution in [3.63, 3.8) is 0 Å². The summed E-state index contributed by atoms with van der Waals surface area (Å²) in [6.07, 6.45) is 3.65. The molecule has 0 radical (unpaired) electrons. The van der Waals surface area contributed by atoms with Crippen molar-refractivity contribution in [1.82, 2.24) is 9.62 Å². The highest BCUT2D eigenvalue weighted by Gasteiger charge is 2.33. The fourth-order valence-electron chi connectivity index (χ4n) is 3.62. The quantitative estimate of drug-likeness (QED) is 0.779. The summed E-state index contributed by atoms with van der Waals surface area (Å²) in [5.74, 6) is 0.961. The Kier molecular flexibility index (Phi) is 6.82. The maximum Gasteiger partial charge on any atom is 0.243 e. The van der Waals surface area contributed by atoms with Gasteiger partial charge in [0.25, 0.3) is 0 Å². The number of carbonyl (C=O) groups is 1. The van der Waals surface area contributed by atoms with Gasteiger partial charge in [-0.05, 0) is 37.8 Å². The Morgan fingerprint density at radius 2 is 1.79 bits per heavy atom. The number of ether oxygens (including phenoxy) is 2. The second-order valence-corrected chi connectivity index (χ2v) is 9.30. The molecule has 0 aromatic heterocycles. The summed E-state index contributed by atoms with van der Waals surface area (Å²) in [5, 5.41) is 3.07. The Bertz CT molecular complexity index is 784. The summed E-state index contributed by atoms with van der Waals surface area (Å²) in [5.41, 5.74) is 0. The van der Waals surface area contributed by atoms with Crippen molar-refractivity contribution in [1.29, 1.82) is 0 Å². The first kappa shape index (κ1) is 20.9. The van der Waals surface area contributed by atoms with E-state index < -0.39 is 10.0 Å².